The van der Waals surface area contributed by atoms with Gasteiger partial charge in [0.15, 0.2) is 0 Å². The Morgan fingerprint density at radius 2 is 1.81 bits per heavy atom. The van der Waals surface area contributed by atoms with E-state index in [0.29, 0.717) is 18.5 Å². The van der Waals surface area contributed by atoms with E-state index in [4.69, 9.17) is 9.84 Å². The van der Waals surface area contributed by atoms with Crippen LogP contribution in [0.4, 0.5) is 11.4 Å². The lowest BCUT2D eigenvalue weighted by Crippen LogP contribution is -2.36. The summed E-state index contributed by atoms with van der Waals surface area (Å²) >= 11 is 0. The molecule has 1 aliphatic rings. The van der Waals surface area contributed by atoms with Gasteiger partial charge in [0, 0.05) is 31.1 Å². The molecule has 1 heterocycles. The topological polar surface area (TPSA) is 78.9 Å². The molecule has 6 nitrogen and oxygen atoms in total. The average Bonchev–Trinajstić information content (AvgIpc) is 2.49. The molecule has 1 aromatic rings. The largest absolute Gasteiger partial charge is 0.396 e. The van der Waals surface area contributed by atoms with Gasteiger partial charge in [-0.25, -0.2) is 8.42 Å². The molecular formula is C14H22N2O4S. The number of morpholine rings is 1. The molecular weight excluding hydrogens is 292 g/mol. The first-order valence-electron chi connectivity index (χ1n) is 7.15. The van der Waals surface area contributed by atoms with E-state index in [-0.39, 0.29) is 12.4 Å². The van der Waals surface area contributed by atoms with Crippen molar-refractivity contribution in [3.63, 3.8) is 0 Å². The highest BCUT2D eigenvalue weighted by Gasteiger charge is 2.12. The van der Waals surface area contributed by atoms with Gasteiger partial charge in [-0.05, 0) is 37.1 Å². The summed E-state index contributed by atoms with van der Waals surface area (Å²) in [6.45, 7) is 3.17. The Labute approximate surface area is 125 Å². The van der Waals surface area contributed by atoms with Crippen molar-refractivity contribution in [1.29, 1.82) is 0 Å². The van der Waals surface area contributed by atoms with Gasteiger partial charge in [-0.15, -0.1) is 0 Å². The maximum Gasteiger partial charge on any atom is 0.232 e. The van der Waals surface area contributed by atoms with Gasteiger partial charge in [0.25, 0.3) is 0 Å². The van der Waals surface area contributed by atoms with Crippen LogP contribution in [0.15, 0.2) is 24.3 Å². The van der Waals surface area contributed by atoms with Crippen molar-refractivity contribution in [1.82, 2.24) is 0 Å². The lowest BCUT2D eigenvalue weighted by Gasteiger charge is -2.28. The predicted octanol–water partition coefficient (Wildman–Crippen LogP) is 1.04. The van der Waals surface area contributed by atoms with E-state index in [1.807, 2.05) is 12.1 Å². The minimum atomic E-state index is -3.34. The van der Waals surface area contributed by atoms with Crippen LogP contribution in [-0.4, -0.2) is 52.2 Å². The van der Waals surface area contributed by atoms with Gasteiger partial charge in [-0.2, -0.15) is 0 Å². The maximum atomic E-state index is 11.8. The average molecular weight is 314 g/mol. The number of nitrogens with one attached hydrogen (secondary N) is 1. The highest BCUT2D eigenvalue weighted by molar-refractivity contribution is 7.92. The number of aliphatic hydroxyl groups excluding tert-OH is 1. The smallest absolute Gasteiger partial charge is 0.232 e. The molecule has 118 valence electrons. The molecule has 0 saturated carbocycles. The van der Waals surface area contributed by atoms with Crippen LogP contribution in [0.2, 0.25) is 0 Å². The van der Waals surface area contributed by atoms with Crippen LogP contribution < -0.4 is 9.62 Å². The molecule has 2 rings (SSSR count). The maximum absolute atomic E-state index is 11.8. The minimum absolute atomic E-state index is 0.0176. The third kappa shape index (κ3) is 5.18. The Morgan fingerprint density at radius 1 is 1.14 bits per heavy atom. The van der Waals surface area contributed by atoms with E-state index in [2.05, 4.69) is 9.62 Å². The van der Waals surface area contributed by atoms with Crippen molar-refractivity contribution in [3.05, 3.63) is 24.3 Å². The molecule has 0 atom stereocenters. The lowest BCUT2D eigenvalue weighted by molar-refractivity contribution is 0.122. The Hall–Kier alpha value is -1.31. The predicted molar refractivity (Wildman–Crippen MR) is 83.2 cm³/mol. The summed E-state index contributed by atoms with van der Waals surface area (Å²) in [6, 6.07) is 7.37. The van der Waals surface area contributed by atoms with Crippen molar-refractivity contribution in [2.75, 3.05) is 48.3 Å². The highest BCUT2D eigenvalue weighted by Crippen LogP contribution is 2.19. The van der Waals surface area contributed by atoms with Gasteiger partial charge in [0.05, 0.1) is 19.0 Å². The molecule has 0 aliphatic carbocycles. The molecule has 7 heteroatoms. The Balaban J connectivity index is 1.92. The molecule has 21 heavy (non-hydrogen) atoms. The van der Waals surface area contributed by atoms with Gasteiger partial charge < -0.3 is 14.7 Å². The molecule has 0 unspecified atom stereocenters. The Kier molecular flexibility index (Phi) is 5.84. The third-order valence-corrected chi connectivity index (χ3v) is 4.71. The summed E-state index contributed by atoms with van der Waals surface area (Å²) < 4.78 is 31.5. The van der Waals surface area contributed by atoms with E-state index < -0.39 is 10.0 Å². The van der Waals surface area contributed by atoms with Crippen molar-refractivity contribution < 1.29 is 18.3 Å². The van der Waals surface area contributed by atoms with Gasteiger partial charge >= 0.3 is 0 Å². The summed E-state index contributed by atoms with van der Waals surface area (Å²) in [5.41, 5.74) is 1.64. The molecule has 1 saturated heterocycles. The van der Waals surface area contributed by atoms with Crippen LogP contribution in [0.1, 0.15) is 12.8 Å². The molecule has 0 radical (unpaired) electrons. The fraction of sp³-hybridized carbons (Fsp3) is 0.571. The number of aliphatic hydroxyl groups is 1. The zero-order valence-corrected chi connectivity index (χ0v) is 12.8. The second-order valence-corrected chi connectivity index (χ2v) is 6.84. The Bertz CT molecular complexity index is 524. The number of nitrogens with zero attached hydrogens (tertiary/aromatic N) is 1. The number of hydrogen-bond acceptors (Lipinski definition) is 5. The van der Waals surface area contributed by atoms with E-state index in [1.54, 1.807) is 12.1 Å². The van der Waals surface area contributed by atoms with Crippen LogP contribution in [0.3, 0.4) is 0 Å². The first kappa shape index (κ1) is 16.1. The highest BCUT2D eigenvalue weighted by atomic mass is 32.2. The summed E-state index contributed by atoms with van der Waals surface area (Å²) in [5.74, 6) is 0.0266. The first-order chi connectivity index (χ1) is 10.1. The van der Waals surface area contributed by atoms with E-state index in [0.717, 1.165) is 32.0 Å². The Morgan fingerprint density at radius 3 is 2.43 bits per heavy atom. The van der Waals surface area contributed by atoms with Crippen LogP contribution in [0, 0.1) is 0 Å². The summed E-state index contributed by atoms with van der Waals surface area (Å²) in [6.07, 6.45) is 0.953. The molecule has 1 aliphatic heterocycles. The number of unbranched alkanes of at least 4 members (excludes halogenated alkanes) is 1. The third-order valence-electron chi connectivity index (χ3n) is 3.34. The number of hydrogen-bond donors (Lipinski definition) is 2. The van der Waals surface area contributed by atoms with Gasteiger partial charge in [0.2, 0.25) is 10.0 Å². The van der Waals surface area contributed by atoms with Crippen LogP contribution in [-0.2, 0) is 14.8 Å². The molecule has 0 amide bonds. The van der Waals surface area contributed by atoms with Crippen LogP contribution >= 0.6 is 0 Å². The monoisotopic (exact) mass is 314 g/mol. The fourth-order valence-corrected chi connectivity index (χ4v) is 3.38. The van der Waals surface area contributed by atoms with E-state index in [1.165, 1.54) is 0 Å². The van der Waals surface area contributed by atoms with Crippen molar-refractivity contribution in [2.24, 2.45) is 0 Å². The van der Waals surface area contributed by atoms with Crippen LogP contribution in [0.25, 0.3) is 0 Å². The molecule has 0 aromatic heterocycles. The van der Waals surface area contributed by atoms with Crippen molar-refractivity contribution in [3.8, 4) is 0 Å². The normalized spacial score (nSPS) is 16.0. The zero-order valence-electron chi connectivity index (χ0n) is 12.0. The number of rotatable bonds is 7. The second kappa shape index (κ2) is 7.63. The van der Waals surface area contributed by atoms with Gasteiger partial charge in [-0.1, -0.05) is 0 Å². The van der Waals surface area contributed by atoms with E-state index >= 15 is 0 Å². The number of ether oxygens (including phenoxy) is 1. The standard InChI is InChI=1S/C14H22N2O4S/c17-9-1-2-12-21(18,19)15-13-3-5-14(6-4-13)16-7-10-20-11-8-16/h3-6,15,17H,1-2,7-12H2. The minimum Gasteiger partial charge on any atom is -0.396 e. The summed E-state index contributed by atoms with van der Waals surface area (Å²) in [7, 11) is -3.34. The number of benzene rings is 1. The van der Waals surface area contributed by atoms with Crippen molar-refractivity contribution in [2.45, 2.75) is 12.8 Å². The van der Waals surface area contributed by atoms with E-state index in [9.17, 15) is 8.42 Å². The summed E-state index contributed by atoms with van der Waals surface area (Å²) in [4.78, 5) is 2.21. The zero-order chi connectivity index (χ0) is 15.1. The fourth-order valence-electron chi connectivity index (χ4n) is 2.20. The van der Waals surface area contributed by atoms with Gasteiger partial charge in [0.1, 0.15) is 0 Å². The first-order valence-corrected chi connectivity index (χ1v) is 8.80. The molecule has 1 fully saturated rings. The number of sulfonamides is 1. The molecule has 0 bridgehead atoms. The molecule has 2 N–H and O–H groups in total. The molecule has 1 aromatic carbocycles. The lowest BCUT2D eigenvalue weighted by atomic mass is 10.2. The SMILES string of the molecule is O=S(=O)(CCCCO)Nc1ccc(N2CCOCC2)cc1. The van der Waals surface area contributed by atoms with Crippen molar-refractivity contribution >= 4 is 21.4 Å². The molecule has 0 spiro atoms. The second-order valence-electron chi connectivity index (χ2n) is 5.00. The summed E-state index contributed by atoms with van der Waals surface area (Å²) in [5, 5.41) is 8.68. The van der Waals surface area contributed by atoms with Gasteiger partial charge in [-0.3, -0.25) is 4.72 Å². The quantitative estimate of drug-likeness (QED) is 0.735. The number of anilines is 2. The van der Waals surface area contributed by atoms with Crippen LogP contribution in [0.5, 0.6) is 0 Å².